The summed E-state index contributed by atoms with van der Waals surface area (Å²) in [6, 6.07) is 8.84. The predicted octanol–water partition coefficient (Wildman–Crippen LogP) is 4.05. The van der Waals surface area contributed by atoms with E-state index >= 15 is 0 Å². The van der Waals surface area contributed by atoms with Crippen LogP contribution >= 0.6 is 0 Å². The number of carbonyl (C=O) groups is 1. The number of alkyl halides is 3. The van der Waals surface area contributed by atoms with Gasteiger partial charge in [0.1, 0.15) is 0 Å². The molecule has 0 heterocycles. The number of halogens is 4. The molecule has 2 rings (SSSR count). The average Bonchev–Trinajstić information content (AvgIpc) is 2.54. The van der Waals surface area contributed by atoms with Crippen LogP contribution in [-0.4, -0.2) is 25.0 Å². The molecule has 3 nitrogen and oxygen atoms in total. The summed E-state index contributed by atoms with van der Waals surface area (Å²) >= 11 is 0. The molecule has 0 aliphatic carbocycles. The Morgan fingerprint density at radius 1 is 1.08 bits per heavy atom. The third-order valence-corrected chi connectivity index (χ3v) is 3.70. The molecule has 0 bridgehead atoms. The van der Waals surface area contributed by atoms with Crippen molar-refractivity contribution < 1.29 is 27.1 Å². The molecule has 0 radical (unpaired) electrons. The van der Waals surface area contributed by atoms with E-state index in [1.54, 1.807) is 13.1 Å². The summed E-state index contributed by atoms with van der Waals surface area (Å²) in [6.07, 6.45) is -4.44. The molecule has 0 aliphatic heterocycles. The Morgan fingerprint density at radius 2 is 1.68 bits per heavy atom. The van der Waals surface area contributed by atoms with E-state index in [9.17, 15) is 22.4 Å². The summed E-state index contributed by atoms with van der Waals surface area (Å²) in [4.78, 5) is 13.6. The normalized spacial score (nSPS) is 11.3. The van der Waals surface area contributed by atoms with Crippen molar-refractivity contribution >= 4 is 5.91 Å². The summed E-state index contributed by atoms with van der Waals surface area (Å²) in [5.41, 5.74) is 0.304. The Hall–Kier alpha value is -2.57. The number of benzene rings is 2. The van der Waals surface area contributed by atoms with Crippen molar-refractivity contribution in [2.45, 2.75) is 19.1 Å². The molecule has 0 unspecified atom stereocenters. The molecule has 0 N–H and O–H groups in total. The molecule has 7 heteroatoms. The molecule has 134 valence electrons. The number of nitrogens with zero attached hydrogens (tertiary/aromatic N) is 1. The fourth-order valence-electron chi connectivity index (χ4n) is 2.29. The minimum Gasteiger partial charge on any atom is -0.494 e. The van der Waals surface area contributed by atoms with Crippen LogP contribution in [0.3, 0.4) is 0 Å². The van der Waals surface area contributed by atoms with Crippen LogP contribution in [0.5, 0.6) is 5.75 Å². The van der Waals surface area contributed by atoms with E-state index in [4.69, 9.17) is 4.74 Å². The van der Waals surface area contributed by atoms with E-state index in [-0.39, 0.29) is 24.6 Å². The fourth-order valence-corrected chi connectivity index (χ4v) is 2.29. The molecule has 0 saturated carbocycles. The smallest absolute Gasteiger partial charge is 0.416 e. The molecule has 25 heavy (non-hydrogen) atoms. The van der Waals surface area contributed by atoms with Gasteiger partial charge in [-0.3, -0.25) is 4.79 Å². The molecule has 2 aromatic rings. The average molecular weight is 355 g/mol. The lowest BCUT2D eigenvalue weighted by Gasteiger charge is -2.18. The van der Waals surface area contributed by atoms with Gasteiger partial charge >= 0.3 is 6.18 Å². The second-order valence-electron chi connectivity index (χ2n) is 5.59. The van der Waals surface area contributed by atoms with E-state index < -0.39 is 17.6 Å². The lowest BCUT2D eigenvalue weighted by Crippen LogP contribution is -2.27. The lowest BCUT2D eigenvalue weighted by atomic mass is 10.1. The summed E-state index contributed by atoms with van der Waals surface area (Å²) in [5, 5.41) is 0. The topological polar surface area (TPSA) is 29.5 Å². The molecule has 0 aliphatic rings. The monoisotopic (exact) mass is 355 g/mol. The molecule has 0 atom stereocenters. The van der Waals surface area contributed by atoms with Crippen LogP contribution in [0.25, 0.3) is 0 Å². The van der Waals surface area contributed by atoms with Crippen molar-refractivity contribution in [1.82, 2.24) is 4.90 Å². The Morgan fingerprint density at radius 3 is 2.20 bits per heavy atom. The van der Waals surface area contributed by atoms with Crippen LogP contribution < -0.4 is 4.74 Å². The van der Waals surface area contributed by atoms with Gasteiger partial charge in [0.15, 0.2) is 11.6 Å². The quantitative estimate of drug-likeness (QED) is 0.757. The maximum Gasteiger partial charge on any atom is 0.416 e. The van der Waals surface area contributed by atoms with E-state index in [0.29, 0.717) is 11.1 Å². The van der Waals surface area contributed by atoms with Gasteiger partial charge in [0.25, 0.3) is 0 Å². The van der Waals surface area contributed by atoms with Crippen LogP contribution in [0.15, 0.2) is 42.5 Å². The number of hydrogen-bond acceptors (Lipinski definition) is 2. The first-order chi connectivity index (χ1) is 11.7. The molecule has 0 aromatic heterocycles. The highest BCUT2D eigenvalue weighted by molar-refractivity contribution is 5.78. The number of amides is 1. The standard InChI is InChI=1S/C18H17F4NO2/c1-23(11-13-5-8-16(25-2)15(19)9-13)17(24)10-12-3-6-14(7-4-12)18(20,21)22/h3-9H,10-11H2,1-2H3. The van der Waals surface area contributed by atoms with Gasteiger partial charge in [-0.05, 0) is 35.4 Å². The van der Waals surface area contributed by atoms with E-state index in [0.717, 1.165) is 12.1 Å². The SMILES string of the molecule is COc1ccc(CN(C)C(=O)Cc2ccc(C(F)(F)F)cc2)cc1F. The molecular formula is C18H17F4NO2. The van der Waals surface area contributed by atoms with Crippen LogP contribution in [0.4, 0.5) is 17.6 Å². The number of rotatable bonds is 5. The van der Waals surface area contributed by atoms with Crippen LogP contribution in [0.1, 0.15) is 16.7 Å². The third-order valence-electron chi connectivity index (χ3n) is 3.70. The number of carbonyl (C=O) groups excluding carboxylic acids is 1. The van der Waals surface area contributed by atoms with Crippen molar-refractivity contribution in [3.63, 3.8) is 0 Å². The number of ether oxygens (including phenoxy) is 1. The van der Waals surface area contributed by atoms with Crippen LogP contribution in [0.2, 0.25) is 0 Å². The first-order valence-electron chi connectivity index (χ1n) is 7.43. The summed E-state index contributed by atoms with van der Waals surface area (Å²) in [6.45, 7) is 0.181. The minimum atomic E-state index is -4.40. The van der Waals surface area contributed by atoms with Gasteiger partial charge in [0.05, 0.1) is 19.1 Å². The van der Waals surface area contributed by atoms with Crippen molar-refractivity contribution in [3.05, 3.63) is 65.0 Å². The van der Waals surface area contributed by atoms with E-state index in [2.05, 4.69) is 0 Å². The number of hydrogen-bond donors (Lipinski definition) is 0. The molecule has 2 aromatic carbocycles. The second kappa shape index (κ2) is 7.55. The van der Waals surface area contributed by atoms with Gasteiger partial charge in [0.2, 0.25) is 5.91 Å². The van der Waals surface area contributed by atoms with Crippen LogP contribution in [-0.2, 0) is 23.9 Å². The maximum atomic E-state index is 13.7. The van der Waals surface area contributed by atoms with Gasteiger partial charge < -0.3 is 9.64 Å². The van der Waals surface area contributed by atoms with Crippen molar-refractivity contribution in [1.29, 1.82) is 0 Å². The zero-order valence-electron chi connectivity index (χ0n) is 13.7. The van der Waals surface area contributed by atoms with Gasteiger partial charge in [0, 0.05) is 13.6 Å². The first-order valence-corrected chi connectivity index (χ1v) is 7.43. The van der Waals surface area contributed by atoms with Gasteiger partial charge in [-0.2, -0.15) is 13.2 Å². The van der Waals surface area contributed by atoms with E-state index in [1.165, 1.54) is 36.3 Å². The van der Waals surface area contributed by atoms with Gasteiger partial charge in [-0.15, -0.1) is 0 Å². The van der Waals surface area contributed by atoms with Crippen molar-refractivity contribution in [2.75, 3.05) is 14.2 Å². The molecule has 0 fully saturated rings. The predicted molar refractivity (Wildman–Crippen MR) is 84.6 cm³/mol. The van der Waals surface area contributed by atoms with Crippen molar-refractivity contribution in [3.8, 4) is 5.75 Å². The molecule has 0 saturated heterocycles. The Balaban J connectivity index is 1.99. The third kappa shape index (κ3) is 4.95. The highest BCUT2D eigenvalue weighted by Gasteiger charge is 2.30. The first kappa shape index (κ1) is 18.8. The second-order valence-corrected chi connectivity index (χ2v) is 5.59. The zero-order chi connectivity index (χ0) is 18.6. The summed E-state index contributed by atoms with van der Waals surface area (Å²) in [5.74, 6) is -0.693. The zero-order valence-corrected chi connectivity index (χ0v) is 13.7. The Labute approximate surface area is 142 Å². The number of methoxy groups -OCH3 is 1. The van der Waals surface area contributed by atoms with Crippen LogP contribution in [0, 0.1) is 5.82 Å². The Bertz CT molecular complexity index is 742. The molecular weight excluding hydrogens is 338 g/mol. The van der Waals surface area contributed by atoms with Gasteiger partial charge in [-0.25, -0.2) is 4.39 Å². The van der Waals surface area contributed by atoms with E-state index in [1.807, 2.05) is 0 Å². The van der Waals surface area contributed by atoms with Crippen molar-refractivity contribution in [2.24, 2.45) is 0 Å². The van der Waals surface area contributed by atoms with Gasteiger partial charge in [-0.1, -0.05) is 18.2 Å². The molecule has 1 amide bonds. The maximum absolute atomic E-state index is 13.7. The molecule has 0 spiro atoms. The highest BCUT2D eigenvalue weighted by atomic mass is 19.4. The Kier molecular flexibility index (Phi) is 5.66. The lowest BCUT2D eigenvalue weighted by molar-refractivity contribution is -0.137. The largest absolute Gasteiger partial charge is 0.494 e. The highest BCUT2D eigenvalue weighted by Crippen LogP contribution is 2.29. The number of likely N-dealkylation sites (N-methyl/N-ethyl adjacent to an activating group) is 1. The fraction of sp³-hybridized carbons (Fsp3) is 0.278. The minimum absolute atomic E-state index is 0.0345. The summed E-state index contributed by atoms with van der Waals surface area (Å²) in [7, 11) is 2.91. The summed E-state index contributed by atoms with van der Waals surface area (Å²) < 4.78 is 56.1.